The van der Waals surface area contributed by atoms with Gasteiger partial charge in [-0.25, -0.2) is 4.79 Å². The van der Waals surface area contributed by atoms with E-state index in [1.54, 1.807) is 6.08 Å². The monoisotopic (exact) mass is 162 g/mol. The third-order valence-electron chi connectivity index (χ3n) is 0.811. The highest BCUT2D eigenvalue weighted by Gasteiger charge is 1.92. The molecule has 0 fully saturated rings. The Hall–Kier alpha value is -0.500. The zero-order chi connectivity index (χ0) is 7.82. The van der Waals surface area contributed by atoms with Crippen LogP contribution in [0.4, 0.5) is 0 Å². The van der Waals surface area contributed by atoms with Gasteiger partial charge in [-0.1, -0.05) is 13.0 Å². The number of rotatable bonds is 4. The highest BCUT2D eigenvalue weighted by Crippen LogP contribution is 1.85. The second-order valence-electron chi connectivity index (χ2n) is 1.67. The molecule has 10 heavy (non-hydrogen) atoms. The molecule has 0 spiro atoms. The van der Waals surface area contributed by atoms with E-state index in [2.05, 4.69) is 4.74 Å². The van der Waals surface area contributed by atoms with Crippen molar-refractivity contribution in [3.63, 3.8) is 0 Å². The molecule has 0 radical (unpaired) electrons. The van der Waals surface area contributed by atoms with Gasteiger partial charge < -0.3 is 4.74 Å². The fourth-order valence-electron chi connectivity index (χ4n) is 0.401. The molecule has 58 valence electrons. The minimum Gasteiger partial charge on any atom is -0.461 e. The van der Waals surface area contributed by atoms with Crippen LogP contribution in [0.3, 0.4) is 0 Å². The summed E-state index contributed by atoms with van der Waals surface area (Å²) >= 11 is 5.28. The Labute approximate surface area is 65.8 Å². The van der Waals surface area contributed by atoms with Crippen molar-refractivity contribution < 1.29 is 9.53 Å². The first-order valence-corrected chi connectivity index (χ1v) is 3.74. The quantitative estimate of drug-likeness (QED) is 0.358. The maximum absolute atomic E-state index is 10.6. The highest BCUT2D eigenvalue weighted by atomic mass is 35.5. The van der Waals surface area contributed by atoms with Crippen LogP contribution in [0, 0.1) is 0 Å². The largest absolute Gasteiger partial charge is 0.461 e. The van der Waals surface area contributed by atoms with Crippen molar-refractivity contribution in [2.75, 3.05) is 12.5 Å². The third-order valence-corrected chi connectivity index (χ3v) is 0.965. The van der Waals surface area contributed by atoms with Crippen molar-refractivity contribution in [3.8, 4) is 0 Å². The molecule has 0 N–H and O–H groups in total. The second kappa shape index (κ2) is 6.62. The highest BCUT2D eigenvalue weighted by molar-refractivity contribution is 6.18. The maximum Gasteiger partial charge on any atom is 0.330 e. The van der Waals surface area contributed by atoms with Gasteiger partial charge in [0.25, 0.3) is 0 Å². The Balaban J connectivity index is 3.34. The normalized spacial score (nSPS) is 10.2. The van der Waals surface area contributed by atoms with Crippen LogP contribution < -0.4 is 0 Å². The molecule has 0 unspecified atom stereocenters. The Morgan fingerprint density at radius 1 is 1.70 bits per heavy atom. The fraction of sp³-hybridized carbons (Fsp3) is 0.571. The number of ether oxygens (including phenoxy) is 1. The number of halogens is 1. The van der Waals surface area contributed by atoms with E-state index in [-0.39, 0.29) is 12.6 Å². The molecule has 0 aliphatic rings. The molecule has 0 aromatic rings. The van der Waals surface area contributed by atoms with Gasteiger partial charge in [0.2, 0.25) is 0 Å². The van der Waals surface area contributed by atoms with Crippen LogP contribution in [0.15, 0.2) is 12.2 Å². The minimum absolute atomic E-state index is 0.286. The van der Waals surface area contributed by atoms with E-state index in [4.69, 9.17) is 11.6 Å². The predicted octanol–water partition coefficient (Wildman–Crippen LogP) is 1.73. The van der Waals surface area contributed by atoms with Crippen LogP contribution in [0.25, 0.3) is 0 Å². The molecular weight excluding hydrogens is 152 g/mol. The molecule has 0 heterocycles. The van der Waals surface area contributed by atoms with Crippen LogP contribution in [0.2, 0.25) is 0 Å². The van der Waals surface area contributed by atoms with Gasteiger partial charge in [-0.3, -0.25) is 0 Å². The first-order valence-electron chi connectivity index (χ1n) is 3.20. The zero-order valence-corrected chi connectivity index (χ0v) is 6.73. The van der Waals surface area contributed by atoms with E-state index in [1.165, 1.54) is 6.08 Å². The van der Waals surface area contributed by atoms with Crippen LogP contribution in [-0.2, 0) is 9.53 Å². The van der Waals surface area contributed by atoms with Crippen LogP contribution in [-0.4, -0.2) is 18.5 Å². The lowest BCUT2D eigenvalue weighted by atomic mass is 10.4. The summed E-state index contributed by atoms with van der Waals surface area (Å²) in [5.41, 5.74) is 0. The van der Waals surface area contributed by atoms with Gasteiger partial charge in [0.05, 0.1) is 5.88 Å². The number of hydrogen-bond donors (Lipinski definition) is 0. The molecule has 0 aliphatic carbocycles. The number of hydrogen-bond acceptors (Lipinski definition) is 2. The summed E-state index contributed by atoms with van der Waals surface area (Å²) in [5.74, 6) is 0.0358. The lowest BCUT2D eigenvalue weighted by Gasteiger charge is -1.95. The van der Waals surface area contributed by atoms with Gasteiger partial charge >= 0.3 is 5.97 Å². The standard InChI is InChI=1S/C7H11ClO2/c1-2-3-4-7(9)10-6-5-8/h3-4H,2,5-6H2,1H3/b4-3+. The number of carbonyl (C=O) groups excluding carboxylic acids is 1. The molecule has 2 nitrogen and oxygen atoms in total. The molecule has 0 aliphatic heterocycles. The Kier molecular flexibility index (Phi) is 6.29. The molecular formula is C7H11ClO2. The Morgan fingerprint density at radius 3 is 2.90 bits per heavy atom. The molecule has 0 aromatic carbocycles. The molecule has 0 aromatic heterocycles. The van der Waals surface area contributed by atoms with Crippen molar-refractivity contribution in [2.24, 2.45) is 0 Å². The van der Waals surface area contributed by atoms with Gasteiger partial charge in [0, 0.05) is 6.08 Å². The number of allylic oxidation sites excluding steroid dienone is 1. The van der Waals surface area contributed by atoms with Crippen molar-refractivity contribution in [1.29, 1.82) is 0 Å². The zero-order valence-electron chi connectivity index (χ0n) is 5.97. The summed E-state index contributed by atoms with van der Waals surface area (Å²) in [5, 5.41) is 0. The van der Waals surface area contributed by atoms with E-state index in [0.29, 0.717) is 5.88 Å². The van der Waals surface area contributed by atoms with Gasteiger partial charge in [-0.05, 0) is 6.42 Å². The van der Waals surface area contributed by atoms with Crippen molar-refractivity contribution in [1.82, 2.24) is 0 Å². The van der Waals surface area contributed by atoms with Crippen LogP contribution in [0.1, 0.15) is 13.3 Å². The van der Waals surface area contributed by atoms with E-state index >= 15 is 0 Å². The average molecular weight is 163 g/mol. The van der Waals surface area contributed by atoms with Gasteiger partial charge in [0.15, 0.2) is 0 Å². The topological polar surface area (TPSA) is 26.3 Å². The number of esters is 1. The molecule has 0 saturated heterocycles. The van der Waals surface area contributed by atoms with Crippen LogP contribution >= 0.6 is 11.6 Å². The van der Waals surface area contributed by atoms with E-state index in [0.717, 1.165) is 6.42 Å². The maximum atomic E-state index is 10.6. The molecule has 0 atom stereocenters. The summed E-state index contributed by atoms with van der Waals surface area (Å²) in [6, 6.07) is 0. The lowest BCUT2D eigenvalue weighted by Crippen LogP contribution is -2.02. The SMILES string of the molecule is CC/C=C/C(=O)OCCCl. The summed E-state index contributed by atoms with van der Waals surface area (Å²) in [6.07, 6.45) is 4.00. The molecule has 0 rings (SSSR count). The summed E-state index contributed by atoms with van der Waals surface area (Å²) in [6.45, 7) is 2.24. The Morgan fingerprint density at radius 2 is 2.40 bits per heavy atom. The number of carbonyl (C=O) groups is 1. The molecule has 3 heteroatoms. The molecule has 0 saturated carbocycles. The van der Waals surface area contributed by atoms with Crippen molar-refractivity contribution in [3.05, 3.63) is 12.2 Å². The van der Waals surface area contributed by atoms with Crippen molar-refractivity contribution >= 4 is 17.6 Å². The van der Waals surface area contributed by atoms with Gasteiger partial charge in [-0.2, -0.15) is 0 Å². The smallest absolute Gasteiger partial charge is 0.330 e. The Bertz CT molecular complexity index is 121. The van der Waals surface area contributed by atoms with E-state index < -0.39 is 0 Å². The van der Waals surface area contributed by atoms with E-state index in [1.807, 2.05) is 6.92 Å². The summed E-state index contributed by atoms with van der Waals surface area (Å²) < 4.78 is 4.64. The summed E-state index contributed by atoms with van der Waals surface area (Å²) in [7, 11) is 0. The average Bonchev–Trinajstić information content (AvgIpc) is 1.97. The van der Waals surface area contributed by atoms with Crippen molar-refractivity contribution in [2.45, 2.75) is 13.3 Å². The number of alkyl halides is 1. The predicted molar refractivity (Wildman–Crippen MR) is 41.1 cm³/mol. The third kappa shape index (κ3) is 5.63. The van der Waals surface area contributed by atoms with Crippen LogP contribution in [0.5, 0.6) is 0 Å². The second-order valence-corrected chi connectivity index (χ2v) is 2.05. The molecule has 0 amide bonds. The first kappa shape index (κ1) is 9.50. The van der Waals surface area contributed by atoms with Gasteiger partial charge in [-0.15, -0.1) is 11.6 Å². The first-order chi connectivity index (χ1) is 4.81. The van der Waals surface area contributed by atoms with Gasteiger partial charge in [0.1, 0.15) is 6.61 Å². The lowest BCUT2D eigenvalue weighted by molar-refractivity contribution is -0.137. The molecule has 0 bridgehead atoms. The van der Waals surface area contributed by atoms with E-state index in [9.17, 15) is 4.79 Å². The minimum atomic E-state index is -0.317. The fourth-order valence-corrected chi connectivity index (χ4v) is 0.479. The summed E-state index contributed by atoms with van der Waals surface area (Å²) in [4.78, 5) is 10.6.